The zero-order valence-corrected chi connectivity index (χ0v) is 14.7. The van der Waals surface area contributed by atoms with E-state index >= 15 is 0 Å². The van der Waals surface area contributed by atoms with Crippen LogP contribution in [0.4, 0.5) is 8.78 Å². The fraction of sp³-hybridized carbons (Fsp3) is 0.278. The SMILES string of the molecule is CC(OC(=O)c1cccc(S(=O)(=O)NC2CC2)c1)c1cc(F)ccc1F. The molecule has 0 radical (unpaired) electrons. The van der Waals surface area contributed by atoms with Gasteiger partial charge in [0.1, 0.15) is 17.7 Å². The van der Waals surface area contributed by atoms with Crippen LogP contribution in [0.3, 0.4) is 0 Å². The van der Waals surface area contributed by atoms with E-state index in [-0.39, 0.29) is 22.1 Å². The van der Waals surface area contributed by atoms with Crippen LogP contribution < -0.4 is 4.72 Å². The smallest absolute Gasteiger partial charge is 0.338 e. The van der Waals surface area contributed by atoms with Gasteiger partial charge in [-0.2, -0.15) is 0 Å². The zero-order chi connectivity index (χ0) is 18.9. The monoisotopic (exact) mass is 381 g/mol. The zero-order valence-electron chi connectivity index (χ0n) is 13.9. The van der Waals surface area contributed by atoms with Crippen molar-refractivity contribution in [2.75, 3.05) is 0 Å². The van der Waals surface area contributed by atoms with Crippen LogP contribution in [0.25, 0.3) is 0 Å². The highest BCUT2D eigenvalue weighted by molar-refractivity contribution is 7.89. The summed E-state index contributed by atoms with van der Waals surface area (Å²) in [5, 5.41) is 0. The lowest BCUT2D eigenvalue weighted by Crippen LogP contribution is -2.26. The number of carbonyl (C=O) groups is 1. The summed E-state index contributed by atoms with van der Waals surface area (Å²) in [6.07, 6.45) is 0.540. The third-order valence-electron chi connectivity index (χ3n) is 3.96. The predicted molar refractivity (Wildman–Crippen MR) is 90.0 cm³/mol. The van der Waals surface area contributed by atoms with Crippen LogP contribution in [0.1, 0.15) is 41.8 Å². The third-order valence-corrected chi connectivity index (χ3v) is 5.48. The van der Waals surface area contributed by atoms with Crippen molar-refractivity contribution >= 4 is 16.0 Å². The first-order chi connectivity index (χ1) is 12.3. The standard InChI is InChI=1S/C18H17F2NO4S/c1-11(16-10-13(19)5-8-17(16)20)25-18(22)12-3-2-4-15(9-12)26(23,24)21-14-6-7-14/h2-5,8-11,14,21H,6-7H2,1H3. The van der Waals surface area contributed by atoms with Gasteiger partial charge < -0.3 is 4.74 Å². The largest absolute Gasteiger partial charge is 0.454 e. The molecule has 0 saturated heterocycles. The number of hydrogen-bond donors (Lipinski definition) is 1. The number of rotatable bonds is 6. The lowest BCUT2D eigenvalue weighted by molar-refractivity contribution is 0.0330. The van der Waals surface area contributed by atoms with Crippen LogP contribution in [0.15, 0.2) is 47.4 Å². The molecule has 2 aromatic carbocycles. The summed E-state index contributed by atoms with van der Waals surface area (Å²) in [5.74, 6) is -2.18. The van der Waals surface area contributed by atoms with E-state index in [0.717, 1.165) is 31.0 Å². The fourth-order valence-corrected chi connectivity index (χ4v) is 3.75. The molecule has 138 valence electrons. The van der Waals surface area contributed by atoms with E-state index in [4.69, 9.17) is 4.74 Å². The molecule has 3 rings (SSSR count). The predicted octanol–water partition coefficient (Wildman–Crippen LogP) is 3.32. The van der Waals surface area contributed by atoms with Crippen molar-refractivity contribution in [2.45, 2.75) is 36.8 Å². The van der Waals surface area contributed by atoms with E-state index in [0.29, 0.717) is 0 Å². The molecule has 1 N–H and O–H groups in total. The maximum absolute atomic E-state index is 13.8. The molecule has 26 heavy (non-hydrogen) atoms. The van der Waals surface area contributed by atoms with Crippen LogP contribution in [0.2, 0.25) is 0 Å². The molecule has 0 spiro atoms. The van der Waals surface area contributed by atoms with Crippen molar-refractivity contribution in [1.82, 2.24) is 4.72 Å². The molecule has 1 aliphatic rings. The molecule has 1 saturated carbocycles. The molecule has 0 bridgehead atoms. The van der Waals surface area contributed by atoms with Crippen molar-refractivity contribution in [3.8, 4) is 0 Å². The maximum atomic E-state index is 13.8. The Balaban J connectivity index is 1.77. The van der Waals surface area contributed by atoms with Crippen molar-refractivity contribution in [1.29, 1.82) is 0 Å². The number of benzene rings is 2. The molecule has 0 aliphatic heterocycles. The van der Waals surface area contributed by atoms with E-state index in [1.807, 2.05) is 0 Å². The molecule has 0 aromatic heterocycles. The highest BCUT2D eigenvalue weighted by Crippen LogP contribution is 2.25. The summed E-state index contributed by atoms with van der Waals surface area (Å²) in [7, 11) is -3.71. The Hall–Kier alpha value is -2.32. The van der Waals surface area contributed by atoms with Gasteiger partial charge in [0.25, 0.3) is 0 Å². The number of esters is 1. The molecule has 5 nitrogen and oxygen atoms in total. The van der Waals surface area contributed by atoms with Gasteiger partial charge in [-0.05, 0) is 56.2 Å². The molecule has 2 aromatic rings. The lowest BCUT2D eigenvalue weighted by Gasteiger charge is -2.15. The Morgan fingerprint density at radius 2 is 1.92 bits per heavy atom. The van der Waals surface area contributed by atoms with Crippen molar-refractivity contribution in [2.24, 2.45) is 0 Å². The second kappa shape index (κ2) is 7.13. The van der Waals surface area contributed by atoms with E-state index in [2.05, 4.69) is 4.72 Å². The van der Waals surface area contributed by atoms with Crippen molar-refractivity contribution in [3.63, 3.8) is 0 Å². The molecular weight excluding hydrogens is 364 g/mol. The minimum atomic E-state index is -3.71. The fourth-order valence-electron chi connectivity index (χ4n) is 2.40. The minimum absolute atomic E-state index is 0.00679. The number of ether oxygens (including phenoxy) is 1. The Kier molecular flexibility index (Phi) is 5.06. The summed E-state index contributed by atoms with van der Waals surface area (Å²) >= 11 is 0. The van der Waals surface area contributed by atoms with Gasteiger partial charge >= 0.3 is 5.97 Å². The van der Waals surface area contributed by atoms with Crippen LogP contribution in [0, 0.1) is 11.6 Å². The average Bonchev–Trinajstić information content (AvgIpc) is 3.40. The van der Waals surface area contributed by atoms with Gasteiger partial charge in [-0.3, -0.25) is 0 Å². The molecule has 0 heterocycles. The highest BCUT2D eigenvalue weighted by Gasteiger charge is 2.28. The number of halogens is 2. The maximum Gasteiger partial charge on any atom is 0.338 e. The van der Waals surface area contributed by atoms with Crippen molar-refractivity contribution < 1.29 is 26.7 Å². The van der Waals surface area contributed by atoms with Crippen LogP contribution >= 0.6 is 0 Å². The number of hydrogen-bond acceptors (Lipinski definition) is 4. The molecule has 1 fully saturated rings. The quantitative estimate of drug-likeness (QED) is 0.779. The summed E-state index contributed by atoms with van der Waals surface area (Å²) < 4.78 is 59.2. The van der Waals surface area contributed by atoms with Crippen LogP contribution in [-0.2, 0) is 14.8 Å². The van der Waals surface area contributed by atoms with Gasteiger partial charge in [0.15, 0.2) is 0 Å². The van der Waals surface area contributed by atoms with Crippen LogP contribution in [0.5, 0.6) is 0 Å². The first kappa shape index (κ1) is 18.5. The molecule has 1 atom stereocenters. The van der Waals surface area contributed by atoms with Gasteiger partial charge in [0, 0.05) is 11.6 Å². The van der Waals surface area contributed by atoms with Crippen LogP contribution in [-0.4, -0.2) is 20.4 Å². The Morgan fingerprint density at radius 1 is 1.19 bits per heavy atom. The van der Waals surface area contributed by atoms with E-state index in [9.17, 15) is 22.0 Å². The van der Waals surface area contributed by atoms with Gasteiger partial charge in [-0.1, -0.05) is 6.07 Å². The lowest BCUT2D eigenvalue weighted by atomic mass is 10.1. The van der Waals surface area contributed by atoms with E-state index < -0.39 is 33.7 Å². The summed E-state index contributed by atoms with van der Waals surface area (Å²) in [6, 6.07) is 8.19. The van der Waals surface area contributed by atoms with Gasteiger partial charge in [-0.15, -0.1) is 0 Å². The molecule has 1 unspecified atom stereocenters. The Morgan fingerprint density at radius 3 is 2.62 bits per heavy atom. The Bertz CT molecular complexity index is 942. The normalized spacial score (nSPS) is 15.5. The first-order valence-electron chi connectivity index (χ1n) is 8.04. The molecular formula is C18H17F2NO4S. The first-order valence-corrected chi connectivity index (χ1v) is 9.53. The van der Waals surface area contributed by atoms with Gasteiger partial charge in [0.2, 0.25) is 10.0 Å². The average molecular weight is 381 g/mol. The number of carbonyl (C=O) groups excluding carboxylic acids is 1. The van der Waals surface area contributed by atoms with Crippen molar-refractivity contribution in [3.05, 3.63) is 65.2 Å². The molecule has 0 amide bonds. The highest BCUT2D eigenvalue weighted by atomic mass is 32.2. The summed E-state index contributed by atoms with van der Waals surface area (Å²) in [6.45, 7) is 1.41. The topological polar surface area (TPSA) is 72.5 Å². The van der Waals surface area contributed by atoms with Gasteiger partial charge in [0.05, 0.1) is 10.5 Å². The van der Waals surface area contributed by atoms with E-state index in [1.54, 1.807) is 0 Å². The third kappa shape index (κ3) is 4.25. The van der Waals surface area contributed by atoms with Gasteiger partial charge in [-0.25, -0.2) is 26.7 Å². The molecule has 8 heteroatoms. The number of nitrogens with one attached hydrogen (secondary N) is 1. The summed E-state index contributed by atoms with van der Waals surface area (Å²) in [4.78, 5) is 12.2. The Labute approximate surface area is 150 Å². The second-order valence-electron chi connectivity index (χ2n) is 6.14. The minimum Gasteiger partial charge on any atom is -0.454 e. The second-order valence-corrected chi connectivity index (χ2v) is 7.85. The number of sulfonamides is 1. The summed E-state index contributed by atoms with van der Waals surface area (Å²) in [5.41, 5.74) is -0.0927. The molecule has 1 aliphatic carbocycles. The van der Waals surface area contributed by atoms with E-state index in [1.165, 1.54) is 31.2 Å².